The van der Waals surface area contributed by atoms with Crippen molar-refractivity contribution < 1.29 is 4.79 Å². The quantitative estimate of drug-likeness (QED) is 0.799. The van der Waals surface area contributed by atoms with Crippen LogP contribution in [0.5, 0.6) is 0 Å². The number of fused-ring (bicyclic) bond motifs is 3. The topological polar surface area (TPSA) is 23.6 Å². The minimum Gasteiger partial charge on any atom is -0.306 e. The van der Waals surface area contributed by atoms with Crippen LogP contribution in [0.1, 0.15) is 39.4 Å². The van der Waals surface area contributed by atoms with Crippen LogP contribution in [0.4, 0.5) is 5.69 Å². The Bertz CT molecular complexity index is 781. The van der Waals surface area contributed by atoms with Crippen molar-refractivity contribution in [3.63, 3.8) is 0 Å². The second kappa shape index (κ2) is 5.75. The lowest BCUT2D eigenvalue weighted by Gasteiger charge is -2.36. The third-order valence-corrected chi connectivity index (χ3v) is 5.47. The zero-order valence-corrected chi connectivity index (χ0v) is 14.6. The molecule has 3 heteroatoms. The Morgan fingerprint density at radius 3 is 2.50 bits per heavy atom. The highest BCUT2D eigenvalue weighted by molar-refractivity contribution is 6.08. The molecular formula is C21H24N2O. The molecule has 0 spiro atoms. The number of amides is 1. The molecule has 0 radical (unpaired) electrons. The van der Waals surface area contributed by atoms with E-state index in [0.717, 1.165) is 30.8 Å². The van der Waals surface area contributed by atoms with Crippen molar-refractivity contribution in [1.82, 2.24) is 4.90 Å². The van der Waals surface area contributed by atoms with Gasteiger partial charge in [-0.05, 0) is 57.6 Å². The smallest absolute Gasteiger partial charge is 0.258 e. The van der Waals surface area contributed by atoms with Crippen molar-refractivity contribution in [3.05, 3.63) is 64.7 Å². The SMILES string of the molecule is Cc1ccc(C(=O)N2c3ccc(C)cc3[C@@H]3CN(C)CC[C@H]32)cc1. The van der Waals surface area contributed by atoms with Gasteiger partial charge in [0.1, 0.15) is 0 Å². The summed E-state index contributed by atoms with van der Waals surface area (Å²) in [5.74, 6) is 0.560. The summed E-state index contributed by atoms with van der Waals surface area (Å²) in [6.45, 7) is 6.26. The van der Waals surface area contributed by atoms with E-state index in [1.807, 2.05) is 24.3 Å². The van der Waals surface area contributed by atoms with E-state index in [1.165, 1.54) is 16.7 Å². The molecule has 0 aromatic heterocycles. The molecular weight excluding hydrogens is 296 g/mol. The molecule has 4 rings (SSSR count). The van der Waals surface area contributed by atoms with Crippen molar-refractivity contribution in [1.29, 1.82) is 0 Å². The van der Waals surface area contributed by atoms with Gasteiger partial charge in [0.25, 0.3) is 5.91 Å². The zero-order valence-electron chi connectivity index (χ0n) is 14.6. The van der Waals surface area contributed by atoms with E-state index in [4.69, 9.17) is 0 Å². The van der Waals surface area contributed by atoms with Gasteiger partial charge in [0.15, 0.2) is 0 Å². The van der Waals surface area contributed by atoms with Crippen molar-refractivity contribution in [2.24, 2.45) is 0 Å². The number of benzene rings is 2. The Hall–Kier alpha value is -2.13. The maximum Gasteiger partial charge on any atom is 0.258 e. The number of rotatable bonds is 1. The zero-order chi connectivity index (χ0) is 16.8. The number of likely N-dealkylation sites (tertiary alicyclic amines) is 1. The van der Waals surface area contributed by atoms with E-state index in [2.05, 4.69) is 48.9 Å². The van der Waals surface area contributed by atoms with Gasteiger partial charge in [0, 0.05) is 29.8 Å². The van der Waals surface area contributed by atoms with Crippen molar-refractivity contribution in [3.8, 4) is 0 Å². The van der Waals surface area contributed by atoms with Crippen LogP contribution in [0.25, 0.3) is 0 Å². The average molecular weight is 320 g/mol. The maximum absolute atomic E-state index is 13.3. The number of aryl methyl sites for hydroxylation is 2. The van der Waals surface area contributed by atoms with E-state index in [0.29, 0.717) is 5.92 Å². The largest absolute Gasteiger partial charge is 0.306 e. The molecule has 1 fully saturated rings. The maximum atomic E-state index is 13.3. The normalized spacial score (nSPS) is 23.0. The fraction of sp³-hybridized carbons (Fsp3) is 0.381. The van der Waals surface area contributed by atoms with E-state index in [-0.39, 0.29) is 11.9 Å². The summed E-state index contributed by atoms with van der Waals surface area (Å²) >= 11 is 0. The van der Waals surface area contributed by atoms with E-state index >= 15 is 0 Å². The van der Waals surface area contributed by atoms with Gasteiger partial charge in [-0.15, -0.1) is 0 Å². The summed E-state index contributed by atoms with van der Waals surface area (Å²) in [7, 11) is 2.18. The summed E-state index contributed by atoms with van der Waals surface area (Å²) in [6, 6.07) is 14.8. The van der Waals surface area contributed by atoms with Gasteiger partial charge in [-0.25, -0.2) is 0 Å². The Kier molecular flexibility index (Phi) is 3.69. The van der Waals surface area contributed by atoms with Crippen LogP contribution in [0.2, 0.25) is 0 Å². The predicted octanol–water partition coefficient (Wildman–Crippen LogP) is 3.75. The van der Waals surface area contributed by atoms with Crippen LogP contribution in [0.15, 0.2) is 42.5 Å². The van der Waals surface area contributed by atoms with Gasteiger partial charge >= 0.3 is 0 Å². The monoisotopic (exact) mass is 320 g/mol. The lowest BCUT2D eigenvalue weighted by atomic mass is 9.88. The summed E-state index contributed by atoms with van der Waals surface area (Å²) in [5.41, 5.74) is 5.68. The number of anilines is 1. The van der Waals surface area contributed by atoms with E-state index in [1.54, 1.807) is 0 Å². The predicted molar refractivity (Wildman–Crippen MR) is 97.8 cm³/mol. The number of piperidine rings is 1. The van der Waals surface area contributed by atoms with Crippen molar-refractivity contribution >= 4 is 11.6 Å². The molecule has 0 bridgehead atoms. The van der Waals surface area contributed by atoms with Gasteiger partial charge in [-0.1, -0.05) is 35.4 Å². The first-order chi connectivity index (χ1) is 11.5. The first kappa shape index (κ1) is 15.4. The number of carbonyl (C=O) groups is 1. The lowest BCUT2D eigenvalue weighted by molar-refractivity contribution is 0.0964. The Morgan fingerprint density at radius 2 is 1.75 bits per heavy atom. The summed E-state index contributed by atoms with van der Waals surface area (Å²) in [6.07, 6.45) is 1.03. The van der Waals surface area contributed by atoms with Crippen LogP contribution < -0.4 is 4.90 Å². The van der Waals surface area contributed by atoms with Gasteiger partial charge in [-0.3, -0.25) is 4.79 Å². The van der Waals surface area contributed by atoms with Crippen molar-refractivity contribution in [2.75, 3.05) is 25.0 Å². The molecule has 2 aromatic carbocycles. The second-order valence-electron chi connectivity index (χ2n) is 7.33. The molecule has 0 unspecified atom stereocenters. The van der Waals surface area contributed by atoms with Crippen LogP contribution >= 0.6 is 0 Å². The highest BCUT2D eigenvalue weighted by Gasteiger charge is 2.43. The van der Waals surface area contributed by atoms with Gasteiger partial charge < -0.3 is 9.80 Å². The van der Waals surface area contributed by atoms with Crippen LogP contribution in [0.3, 0.4) is 0 Å². The first-order valence-corrected chi connectivity index (χ1v) is 8.74. The highest BCUT2D eigenvalue weighted by Crippen LogP contribution is 2.45. The third-order valence-electron chi connectivity index (χ3n) is 5.47. The standard InChI is InChI=1S/C21H24N2O/c1-14-4-7-16(8-5-14)21(24)23-19-9-6-15(2)12-17(19)18-13-22(3)11-10-20(18)23/h4-9,12,18,20H,10-11,13H2,1-3H3/t18-,20+/m0/s1. The molecule has 24 heavy (non-hydrogen) atoms. The van der Waals surface area contributed by atoms with Gasteiger partial charge in [-0.2, -0.15) is 0 Å². The minimum absolute atomic E-state index is 0.136. The number of carbonyl (C=O) groups excluding carboxylic acids is 1. The lowest BCUT2D eigenvalue weighted by Crippen LogP contribution is -2.47. The molecule has 2 atom stereocenters. The fourth-order valence-corrected chi connectivity index (χ4v) is 4.18. The average Bonchev–Trinajstić information content (AvgIpc) is 2.88. The van der Waals surface area contributed by atoms with Crippen LogP contribution in [0, 0.1) is 13.8 Å². The van der Waals surface area contributed by atoms with Gasteiger partial charge in [0.05, 0.1) is 0 Å². The molecule has 0 aliphatic carbocycles. The molecule has 2 aromatic rings. The molecule has 2 aliphatic heterocycles. The highest BCUT2D eigenvalue weighted by atomic mass is 16.2. The Balaban J connectivity index is 1.77. The molecule has 0 saturated carbocycles. The summed E-state index contributed by atoms with van der Waals surface area (Å²) in [5, 5.41) is 0. The number of likely N-dealkylation sites (N-methyl/N-ethyl adjacent to an activating group) is 1. The molecule has 124 valence electrons. The number of nitrogens with zero attached hydrogens (tertiary/aromatic N) is 2. The van der Waals surface area contributed by atoms with Crippen LogP contribution in [-0.4, -0.2) is 37.0 Å². The molecule has 2 heterocycles. The molecule has 1 amide bonds. The van der Waals surface area contributed by atoms with Crippen LogP contribution in [-0.2, 0) is 0 Å². The summed E-state index contributed by atoms with van der Waals surface area (Å²) < 4.78 is 0. The number of hydrogen-bond donors (Lipinski definition) is 0. The Labute approximate surface area is 143 Å². The molecule has 0 N–H and O–H groups in total. The number of hydrogen-bond acceptors (Lipinski definition) is 2. The fourth-order valence-electron chi connectivity index (χ4n) is 4.18. The third kappa shape index (κ3) is 2.44. The summed E-state index contributed by atoms with van der Waals surface area (Å²) in [4.78, 5) is 17.7. The molecule has 1 saturated heterocycles. The van der Waals surface area contributed by atoms with E-state index < -0.39 is 0 Å². The van der Waals surface area contributed by atoms with Crippen molar-refractivity contribution in [2.45, 2.75) is 32.2 Å². The first-order valence-electron chi connectivity index (χ1n) is 8.74. The molecule has 3 nitrogen and oxygen atoms in total. The minimum atomic E-state index is 0.136. The second-order valence-corrected chi connectivity index (χ2v) is 7.33. The Morgan fingerprint density at radius 1 is 1.04 bits per heavy atom. The molecule has 2 aliphatic rings. The van der Waals surface area contributed by atoms with E-state index in [9.17, 15) is 4.79 Å². The van der Waals surface area contributed by atoms with Gasteiger partial charge in [0.2, 0.25) is 0 Å².